The zero-order chi connectivity index (χ0) is 18.9. The zero-order valence-corrected chi connectivity index (χ0v) is 16.4. The monoisotopic (exact) mass is 363 g/mol. The molecule has 1 saturated heterocycles. The van der Waals surface area contributed by atoms with Gasteiger partial charge in [-0.15, -0.1) is 0 Å². The molecule has 0 N–H and O–H groups in total. The van der Waals surface area contributed by atoms with E-state index >= 15 is 0 Å². The maximum atomic E-state index is 13.1. The van der Waals surface area contributed by atoms with Gasteiger partial charge in [0, 0.05) is 31.2 Å². The number of amides is 1. The van der Waals surface area contributed by atoms with Gasteiger partial charge in [-0.2, -0.15) is 0 Å². The van der Waals surface area contributed by atoms with Crippen molar-refractivity contribution in [2.24, 2.45) is 5.41 Å². The summed E-state index contributed by atoms with van der Waals surface area (Å²) < 4.78 is 5.78. The number of carbonyl (C=O) groups is 1. The van der Waals surface area contributed by atoms with E-state index in [4.69, 9.17) is 4.74 Å². The lowest BCUT2D eigenvalue weighted by Gasteiger charge is -2.43. The highest BCUT2D eigenvalue weighted by Crippen LogP contribution is 2.46. The number of carbonyl (C=O) groups excluding carboxylic acids is 1. The Balaban J connectivity index is 1.52. The molecule has 1 saturated carbocycles. The number of hydrogen-bond acceptors (Lipinski definition) is 2. The summed E-state index contributed by atoms with van der Waals surface area (Å²) in [5.74, 6) is 0.159. The van der Waals surface area contributed by atoms with Gasteiger partial charge in [-0.25, -0.2) is 0 Å². The number of hydrogen-bond donors (Lipinski definition) is 0. The predicted molar refractivity (Wildman–Crippen MR) is 109 cm³/mol. The largest absolute Gasteiger partial charge is 0.381 e. The van der Waals surface area contributed by atoms with Crippen molar-refractivity contribution in [3.63, 3.8) is 0 Å². The number of benzene rings is 2. The Labute approximate surface area is 162 Å². The standard InChI is InChI=1S/C24H29NO2/c1-18-7-3-4-8-21(18)19-10-12-20(13-11-19)23(26)25-16-6-15-24(17-25)14-5-9-22(24)27-2/h3-4,7-8,10-13,22H,5-6,9,14-17H2,1-2H3/t22-,24+/m1/s1. The molecule has 0 aromatic heterocycles. The molecule has 142 valence electrons. The van der Waals surface area contributed by atoms with Gasteiger partial charge < -0.3 is 9.64 Å². The second-order valence-electron chi connectivity index (χ2n) is 8.20. The van der Waals surface area contributed by atoms with E-state index in [9.17, 15) is 4.79 Å². The third-order valence-electron chi connectivity index (χ3n) is 6.59. The molecule has 0 bridgehead atoms. The molecule has 0 radical (unpaired) electrons. The Morgan fingerprint density at radius 3 is 2.56 bits per heavy atom. The first-order valence-corrected chi connectivity index (χ1v) is 10.1. The van der Waals surface area contributed by atoms with Crippen LogP contribution >= 0.6 is 0 Å². The first-order chi connectivity index (χ1) is 13.1. The lowest BCUT2D eigenvalue weighted by molar-refractivity contribution is -0.0295. The van der Waals surface area contributed by atoms with Gasteiger partial charge in [0.1, 0.15) is 0 Å². The average Bonchev–Trinajstić information content (AvgIpc) is 3.09. The highest BCUT2D eigenvalue weighted by atomic mass is 16.5. The summed E-state index contributed by atoms with van der Waals surface area (Å²) in [6.45, 7) is 3.82. The number of methoxy groups -OCH3 is 1. The van der Waals surface area contributed by atoms with Crippen LogP contribution < -0.4 is 0 Å². The molecule has 1 heterocycles. The Morgan fingerprint density at radius 2 is 1.81 bits per heavy atom. The molecule has 4 rings (SSSR count). The molecule has 2 aromatic rings. The quantitative estimate of drug-likeness (QED) is 0.761. The van der Waals surface area contributed by atoms with E-state index in [0.29, 0.717) is 6.10 Å². The van der Waals surface area contributed by atoms with E-state index in [1.807, 2.05) is 19.2 Å². The first-order valence-electron chi connectivity index (χ1n) is 10.1. The third kappa shape index (κ3) is 3.41. The highest BCUT2D eigenvalue weighted by molar-refractivity contribution is 5.95. The van der Waals surface area contributed by atoms with Gasteiger partial charge >= 0.3 is 0 Å². The molecule has 2 aliphatic rings. The summed E-state index contributed by atoms with van der Waals surface area (Å²) in [5.41, 5.74) is 4.60. The number of ether oxygens (including phenoxy) is 1. The fourth-order valence-electron chi connectivity index (χ4n) is 5.15. The van der Waals surface area contributed by atoms with Crippen molar-refractivity contribution in [1.82, 2.24) is 4.90 Å². The Hall–Kier alpha value is -2.13. The summed E-state index contributed by atoms with van der Waals surface area (Å²) in [5, 5.41) is 0. The Morgan fingerprint density at radius 1 is 1.07 bits per heavy atom. The molecule has 2 fully saturated rings. The molecular formula is C24H29NO2. The zero-order valence-electron chi connectivity index (χ0n) is 16.4. The molecule has 1 aliphatic carbocycles. The normalized spacial score (nSPS) is 25.1. The SMILES string of the molecule is CO[C@@H]1CCC[C@@]12CCCN(C(=O)c1ccc(-c3ccccc3C)cc1)C2. The van der Waals surface area contributed by atoms with Crippen molar-refractivity contribution >= 4 is 5.91 Å². The van der Waals surface area contributed by atoms with Crippen molar-refractivity contribution in [2.45, 2.75) is 45.1 Å². The van der Waals surface area contributed by atoms with Gasteiger partial charge in [-0.3, -0.25) is 4.79 Å². The van der Waals surface area contributed by atoms with Crippen molar-refractivity contribution in [3.05, 3.63) is 59.7 Å². The van der Waals surface area contributed by atoms with Gasteiger partial charge in [0.05, 0.1) is 6.10 Å². The van der Waals surface area contributed by atoms with Crippen LogP contribution in [0.5, 0.6) is 0 Å². The van der Waals surface area contributed by atoms with E-state index in [-0.39, 0.29) is 11.3 Å². The molecule has 3 heteroatoms. The molecule has 2 aromatic carbocycles. The van der Waals surface area contributed by atoms with Crippen molar-refractivity contribution in [3.8, 4) is 11.1 Å². The number of piperidine rings is 1. The lowest BCUT2D eigenvalue weighted by atomic mass is 9.76. The molecule has 1 aliphatic heterocycles. The third-order valence-corrected chi connectivity index (χ3v) is 6.59. The van der Waals surface area contributed by atoms with Crippen molar-refractivity contribution in [1.29, 1.82) is 0 Å². The molecule has 2 atom stereocenters. The van der Waals surface area contributed by atoms with Crippen LogP contribution in [0.25, 0.3) is 11.1 Å². The van der Waals surface area contributed by atoms with Gasteiger partial charge in [-0.1, -0.05) is 42.8 Å². The molecular weight excluding hydrogens is 334 g/mol. The highest BCUT2D eigenvalue weighted by Gasteiger charge is 2.46. The van der Waals surface area contributed by atoms with Crippen LogP contribution in [-0.2, 0) is 4.74 Å². The minimum absolute atomic E-state index is 0.159. The van der Waals surface area contributed by atoms with E-state index in [0.717, 1.165) is 37.1 Å². The minimum atomic E-state index is 0.159. The van der Waals surface area contributed by atoms with Crippen molar-refractivity contribution in [2.75, 3.05) is 20.2 Å². The molecule has 1 amide bonds. The average molecular weight is 364 g/mol. The van der Waals surface area contributed by atoms with Crippen molar-refractivity contribution < 1.29 is 9.53 Å². The predicted octanol–water partition coefficient (Wildman–Crippen LogP) is 5.08. The van der Waals surface area contributed by atoms with E-state index in [2.05, 4.69) is 48.2 Å². The van der Waals surface area contributed by atoms with Crippen LogP contribution in [0, 0.1) is 12.3 Å². The second-order valence-corrected chi connectivity index (χ2v) is 8.20. The summed E-state index contributed by atoms with van der Waals surface area (Å²) in [7, 11) is 1.82. The molecule has 27 heavy (non-hydrogen) atoms. The Kier molecular flexibility index (Phi) is 5.05. The molecule has 1 spiro atoms. The number of nitrogens with zero attached hydrogens (tertiary/aromatic N) is 1. The summed E-state index contributed by atoms with van der Waals surface area (Å²) in [6.07, 6.45) is 6.09. The van der Waals surface area contributed by atoms with Crippen LogP contribution in [0.2, 0.25) is 0 Å². The van der Waals surface area contributed by atoms with Crippen LogP contribution in [0.1, 0.15) is 48.0 Å². The maximum absolute atomic E-state index is 13.1. The summed E-state index contributed by atoms with van der Waals surface area (Å²) >= 11 is 0. The smallest absolute Gasteiger partial charge is 0.253 e. The van der Waals surface area contributed by atoms with Gasteiger partial charge in [0.15, 0.2) is 0 Å². The van der Waals surface area contributed by atoms with Gasteiger partial charge in [0.25, 0.3) is 5.91 Å². The number of likely N-dealkylation sites (tertiary alicyclic amines) is 1. The fourth-order valence-corrected chi connectivity index (χ4v) is 5.15. The van der Waals surface area contributed by atoms with Crippen LogP contribution in [0.3, 0.4) is 0 Å². The van der Waals surface area contributed by atoms with Gasteiger partial charge in [-0.05, 0) is 61.4 Å². The lowest BCUT2D eigenvalue weighted by Crippen LogP contribution is -2.49. The summed E-state index contributed by atoms with van der Waals surface area (Å²) in [6, 6.07) is 16.5. The number of rotatable bonds is 3. The maximum Gasteiger partial charge on any atom is 0.253 e. The van der Waals surface area contributed by atoms with E-state index < -0.39 is 0 Å². The topological polar surface area (TPSA) is 29.5 Å². The van der Waals surface area contributed by atoms with Crippen LogP contribution in [0.4, 0.5) is 0 Å². The Bertz CT molecular complexity index is 813. The van der Waals surface area contributed by atoms with E-state index in [1.54, 1.807) is 0 Å². The summed E-state index contributed by atoms with van der Waals surface area (Å²) in [4.78, 5) is 15.2. The fraction of sp³-hybridized carbons (Fsp3) is 0.458. The van der Waals surface area contributed by atoms with Crippen LogP contribution in [-0.4, -0.2) is 37.1 Å². The minimum Gasteiger partial charge on any atom is -0.381 e. The van der Waals surface area contributed by atoms with Crippen LogP contribution in [0.15, 0.2) is 48.5 Å². The second kappa shape index (κ2) is 7.47. The number of aryl methyl sites for hydroxylation is 1. The molecule has 3 nitrogen and oxygen atoms in total. The molecule has 0 unspecified atom stereocenters. The first kappa shape index (κ1) is 18.2. The van der Waals surface area contributed by atoms with Gasteiger partial charge in [0.2, 0.25) is 0 Å². The van der Waals surface area contributed by atoms with E-state index in [1.165, 1.54) is 30.4 Å².